The molecule has 0 rings (SSSR count). The van der Waals surface area contributed by atoms with Crippen LogP contribution in [0.5, 0.6) is 0 Å². The molecule has 0 unspecified atom stereocenters. The molecule has 0 saturated heterocycles. The van der Waals surface area contributed by atoms with E-state index in [0.717, 1.165) is 26.1 Å². The van der Waals surface area contributed by atoms with E-state index in [4.69, 9.17) is 10.5 Å². The van der Waals surface area contributed by atoms with E-state index >= 15 is 0 Å². The van der Waals surface area contributed by atoms with E-state index in [0.29, 0.717) is 0 Å². The molecule has 0 fully saturated rings. The Morgan fingerprint density at radius 2 is 1.35 bits per heavy atom. The molecule has 0 saturated carbocycles. The SMILES string of the molecule is CCCCCCCCCOCC(N)(CC)CC. The van der Waals surface area contributed by atoms with Gasteiger partial charge in [-0.1, -0.05) is 59.3 Å². The molecule has 0 amide bonds. The number of unbranched alkanes of at least 4 members (excludes halogenated alkanes) is 6. The maximum atomic E-state index is 6.17. The van der Waals surface area contributed by atoms with Gasteiger partial charge in [0.1, 0.15) is 0 Å². The molecule has 0 aliphatic rings. The highest BCUT2D eigenvalue weighted by Gasteiger charge is 2.19. The van der Waals surface area contributed by atoms with Crippen molar-refractivity contribution in [2.45, 2.75) is 84.1 Å². The van der Waals surface area contributed by atoms with Crippen LogP contribution in [-0.4, -0.2) is 18.8 Å². The van der Waals surface area contributed by atoms with Gasteiger partial charge in [-0.15, -0.1) is 0 Å². The molecular formula is C15H33NO. The Bertz CT molecular complexity index is 155. The van der Waals surface area contributed by atoms with Gasteiger partial charge in [-0.25, -0.2) is 0 Å². The highest BCUT2D eigenvalue weighted by atomic mass is 16.5. The van der Waals surface area contributed by atoms with E-state index in [-0.39, 0.29) is 5.54 Å². The van der Waals surface area contributed by atoms with Crippen LogP contribution >= 0.6 is 0 Å². The summed E-state index contributed by atoms with van der Waals surface area (Å²) in [6.45, 7) is 8.14. The zero-order valence-corrected chi connectivity index (χ0v) is 12.3. The van der Waals surface area contributed by atoms with Crippen LogP contribution in [0.1, 0.15) is 78.6 Å². The van der Waals surface area contributed by atoms with Crippen molar-refractivity contribution in [2.75, 3.05) is 13.2 Å². The highest BCUT2D eigenvalue weighted by molar-refractivity contribution is 4.80. The first-order valence-electron chi connectivity index (χ1n) is 7.55. The third-order valence-corrected chi connectivity index (χ3v) is 3.69. The molecule has 0 heterocycles. The molecular weight excluding hydrogens is 210 g/mol. The molecule has 104 valence electrons. The molecule has 2 nitrogen and oxygen atoms in total. The van der Waals surface area contributed by atoms with Gasteiger partial charge in [-0.3, -0.25) is 0 Å². The molecule has 2 N–H and O–H groups in total. The zero-order valence-electron chi connectivity index (χ0n) is 12.3. The van der Waals surface area contributed by atoms with Gasteiger partial charge in [0.2, 0.25) is 0 Å². The van der Waals surface area contributed by atoms with E-state index in [1.54, 1.807) is 0 Å². The van der Waals surface area contributed by atoms with Crippen LogP contribution in [0.15, 0.2) is 0 Å². The van der Waals surface area contributed by atoms with Gasteiger partial charge in [-0.05, 0) is 19.3 Å². The van der Waals surface area contributed by atoms with Crippen molar-refractivity contribution in [3.63, 3.8) is 0 Å². The number of nitrogens with two attached hydrogens (primary N) is 1. The van der Waals surface area contributed by atoms with E-state index in [2.05, 4.69) is 20.8 Å². The minimum Gasteiger partial charge on any atom is -0.380 e. The monoisotopic (exact) mass is 243 g/mol. The van der Waals surface area contributed by atoms with Gasteiger partial charge < -0.3 is 10.5 Å². The summed E-state index contributed by atoms with van der Waals surface area (Å²) >= 11 is 0. The van der Waals surface area contributed by atoms with Crippen LogP contribution in [0, 0.1) is 0 Å². The topological polar surface area (TPSA) is 35.2 Å². The Kier molecular flexibility index (Phi) is 11.0. The van der Waals surface area contributed by atoms with Crippen LogP contribution in [0.4, 0.5) is 0 Å². The van der Waals surface area contributed by atoms with Crippen molar-refractivity contribution in [1.82, 2.24) is 0 Å². The first-order valence-corrected chi connectivity index (χ1v) is 7.55. The van der Waals surface area contributed by atoms with Gasteiger partial charge in [0.15, 0.2) is 0 Å². The van der Waals surface area contributed by atoms with Crippen molar-refractivity contribution in [1.29, 1.82) is 0 Å². The second-order valence-electron chi connectivity index (χ2n) is 5.24. The fourth-order valence-electron chi connectivity index (χ4n) is 1.89. The molecule has 0 aliphatic carbocycles. The molecule has 2 heteroatoms. The molecule has 0 bridgehead atoms. The number of rotatable bonds is 12. The van der Waals surface area contributed by atoms with Crippen molar-refractivity contribution >= 4 is 0 Å². The van der Waals surface area contributed by atoms with Crippen LogP contribution in [-0.2, 0) is 4.74 Å². The van der Waals surface area contributed by atoms with Gasteiger partial charge in [0.25, 0.3) is 0 Å². The van der Waals surface area contributed by atoms with Crippen molar-refractivity contribution in [3.8, 4) is 0 Å². The minimum atomic E-state index is -0.0961. The summed E-state index contributed by atoms with van der Waals surface area (Å²) in [5.74, 6) is 0. The third kappa shape index (κ3) is 9.61. The van der Waals surface area contributed by atoms with E-state index in [9.17, 15) is 0 Å². The fourth-order valence-corrected chi connectivity index (χ4v) is 1.89. The molecule has 0 atom stereocenters. The quantitative estimate of drug-likeness (QED) is 0.519. The summed E-state index contributed by atoms with van der Waals surface area (Å²) in [6.07, 6.45) is 11.4. The van der Waals surface area contributed by atoms with Crippen LogP contribution in [0.25, 0.3) is 0 Å². The van der Waals surface area contributed by atoms with Crippen molar-refractivity contribution < 1.29 is 4.74 Å². The van der Waals surface area contributed by atoms with E-state index in [1.165, 1.54) is 44.9 Å². The average molecular weight is 243 g/mol. The maximum Gasteiger partial charge on any atom is 0.0645 e. The second-order valence-corrected chi connectivity index (χ2v) is 5.24. The summed E-state index contributed by atoms with van der Waals surface area (Å²) in [7, 11) is 0. The Balaban J connectivity index is 3.23. The number of hydrogen-bond acceptors (Lipinski definition) is 2. The third-order valence-electron chi connectivity index (χ3n) is 3.69. The first-order chi connectivity index (χ1) is 8.18. The molecule has 0 aromatic heterocycles. The van der Waals surface area contributed by atoms with Crippen molar-refractivity contribution in [3.05, 3.63) is 0 Å². The Morgan fingerprint density at radius 1 is 0.824 bits per heavy atom. The lowest BCUT2D eigenvalue weighted by Gasteiger charge is -2.26. The standard InChI is InChI=1S/C15H33NO/c1-4-7-8-9-10-11-12-13-17-14-15(16,5-2)6-3/h4-14,16H2,1-3H3. The summed E-state index contributed by atoms with van der Waals surface area (Å²) in [5, 5.41) is 0. The van der Waals surface area contributed by atoms with E-state index in [1.807, 2.05) is 0 Å². The van der Waals surface area contributed by atoms with Crippen LogP contribution in [0.2, 0.25) is 0 Å². The van der Waals surface area contributed by atoms with Gasteiger partial charge in [-0.2, -0.15) is 0 Å². The Hall–Kier alpha value is -0.0800. The smallest absolute Gasteiger partial charge is 0.0645 e. The lowest BCUT2D eigenvalue weighted by molar-refractivity contribution is 0.0782. The number of hydrogen-bond donors (Lipinski definition) is 1. The largest absolute Gasteiger partial charge is 0.380 e. The predicted octanol–water partition coefficient (Wildman–Crippen LogP) is 4.27. The molecule has 0 radical (unpaired) electrons. The molecule has 0 aromatic carbocycles. The highest BCUT2D eigenvalue weighted by Crippen LogP contribution is 2.12. The van der Waals surface area contributed by atoms with Gasteiger partial charge in [0, 0.05) is 12.1 Å². The molecule has 0 spiro atoms. The summed E-state index contributed by atoms with van der Waals surface area (Å²) in [6, 6.07) is 0. The Morgan fingerprint density at radius 3 is 1.88 bits per heavy atom. The molecule has 0 aliphatic heterocycles. The van der Waals surface area contributed by atoms with Gasteiger partial charge in [0.05, 0.1) is 6.61 Å². The fraction of sp³-hybridized carbons (Fsp3) is 1.00. The maximum absolute atomic E-state index is 6.17. The summed E-state index contributed by atoms with van der Waals surface area (Å²) in [5.41, 5.74) is 6.07. The van der Waals surface area contributed by atoms with Crippen LogP contribution < -0.4 is 5.73 Å². The minimum absolute atomic E-state index is 0.0961. The van der Waals surface area contributed by atoms with Crippen LogP contribution in [0.3, 0.4) is 0 Å². The summed E-state index contributed by atoms with van der Waals surface area (Å²) in [4.78, 5) is 0. The zero-order chi connectivity index (χ0) is 13.0. The van der Waals surface area contributed by atoms with Gasteiger partial charge >= 0.3 is 0 Å². The second kappa shape index (κ2) is 11.0. The Labute approximate surface area is 108 Å². The molecule has 0 aromatic rings. The average Bonchev–Trinajstić information content (AvgIpc) is 2.36. The number of ether oxygens (including phenoxy) is 1. The predicted molar refractivity (Wildman–Crippen MR) is 76.3 cm³/mol. The molecule has 17 heavy (non-hydrogen) atoms. The normalized spacial score (nSPS) is 12.0. The lowest BCUT2D eigenvalue weighted by Crippen LogP contribution is -2.43. The first kappa shape index (κ1) is 16.9. The summed E-state index contributed by atoms with van der Waals surface area (Å²) < 4.78 is 5.68. The lowest BCUT2D eigenvalue weighted by atomic mass is 9.96. The van der Waals surface area contributed by atoms with Crippen molar-refractivity contribution in [2.24, 2.45) is 5.73 Å². The van der Waals surface area contributed by atoms with E-state index < -0.39 is 0 Å².